The number of anilines is 10. The monoisotopic (exact) mass is 1580 g/mol. The van der Waals surface area contributed by atoms with E-state index in [9.17, 15) is 9.13 Å². The zero-order chi connectivity index (χ0) is 75.7. The van der Waals surface area contributed by atoms with Gasteiger partial charge in [0, 0.05) is 155 Å². The van der Waals surface area contributed by atoms with Gasteiger partial charge in [-0.3, -0.25) is 24.8 Å². The lowest BCUT2D eigenvalue weighted by atomic mass is 9.79. The van der Waals surface area contributed by atoms with E-state index in [-0.39, 0.29) is 0 Å². The summed E-state index contributed by atoms with van der Waals surface area (Å²) in [5.41, 5.74) is 9.10. The van der Waals surface area contributed by atoms with Crippen LogP contribution < -0.4 is 56.6 Å². The fourth-order valence-electron chi connectivity index (χ4n) is 14.0. The summed E-state index contributed by atoms with van der Waals surface area (Å²) in [4.78, 5) is 49.8. The second-order valence-electron chi connectivity index (χ2n) is 29.4. The molecule has 0 bridgehead atoms. The minimum absolute atomic E-state index is 0.333. The molecule has 8 aromatic rings. The molecule has 0 amide bonds. The highest BCUT2D eigenvalue weighted by molar-refractivity contribution is 9.10. The molecular formula is C76H102BBrCl2N18O6P2. The Balaban J connectivity index is 0.000000194. The van der Waals surface area contributed by atoms with Crippen LogP contribution in [0.15, 0.2) is 115 Å². The summed E-state index contributed by atoms with van der Waals surface area (Å²) in [6, 6.07) is 21.2. The number of methoxy groups -OCH3 is 2. The lowest BCUT2D eigenvalue weighted by Gasteiger charge is -2.43. The number of nitrogens with zero attached hydrogens (tertiary/aromatic N) is 14. The Morgan fingerprint density at radius 2 is 0.972 bits per heavy atom. The number of piperidine rings is 2. The van der Waals surface area contributed by atoms with E-state index in [0.717, 1.165) is 143 Å². The number of aromatic nitrogens is 8. The molecule has 5 aliphatic heterocycles. The van der Waals surface area contributed by atoms with E-state index in [1.165, 1.54) is 35.3 Å². The number of rotatable bonds is 20. The predicted octanol–water partition coefficient (Wildman–Crippen LogP) is 13.3. The van der Waals surface area contributed by atoms with Gasteiger partial charge in [0.05, 0.1) is 78.7 Å². The maximum absolute atomic E-state index is 13.6. The van der Waals surface area contributed by atoms with Crippen LogP contribution in [0.5, 0.6) is 11.5 Å². The van der Waals surface area contributed by atoms with Gasteiger partial charge in [0.25, 0.3) is 0 Å². The van der Waals surface area contributed by atoms with Crippen LogP contribution in [-0.2, 0) is 31.3 Å². The summed E-state index contributed by atoms with van der Waals surface area (Å²) in [6.45, 7) is 32.7. The first-order valence-electron chi connectivity index (χ1n) is 36.4. The minimum Gasteiger partial charge on any atom is -0.494 e. The third kappa shape index (κ3) is 19.9. The first kappa shape index (κ1) is 80.0. The van der Waals surface area contributed by atoms with Crippen molar-refractivity contribution in [3.8, 4) is 22.8 Å². The Morgan fingerprint density at radius 1 is 0.538 bits per heavy atom. The molecular weight excluding hydrogens is 1480 g/mol. The topological polar surface area (TPSA) is 242 Å². The van der Waals surface area contributed by atoms with Gasteiger partial charge in [-0.25, -0.2) is 15.0 Å². The largest absolute Gasteiger partial charge is 0.494 e. The van der Waals surface area contributed by atoms with Crippen molar-refractivity contribution in [2.75, 3.05) is 165 Å². The van der Waals surface area contributed by atoms with Gasteiger partial charge < -0.3 is 68.8 Å². The number of nitrogens with one attached hydrogen (secondary N) is 4. The van der Waals surface area contributed by atoms with Crippen LogP contribution in [0.3, 0.4) is 0 Å². The molecule has 4 N–H and O–H groups in total. The Labute approximate surface area is 644 Å². The maximum Gasteiger partial charge on any atom is 0.494 e. The number of ether oxygens (including phenoxy) is 2. The highest BCUT2D eigenvalue weighted by atomic mass is 79.9. The number of hydrogen-bond donors (Lipinski definition) is 4. The van der Waals surface area contributed by atoms with E-state index in [2.05, 4.69) is 149 Å². The number of piperazine rings is 2. The fraction of sp³-hybridized carbons (Fsp3) is 0.474. The zero-order valence-corrected chi connectivity index (χ0v) is 68.5. The highest BCUT2D eigenvalue weighted by Crippen LogP contribution is 2.44. The summed E-state index contributed by atoms with van der Waals surface area (Å²) in [7, 11) is 1.76. The second kappa shape index (κ2) is 35.1. The molecule has 0 aliphatic carbocycles. The van der Waals surface area contributed by atoms with Crippen molar-refractivity contribution in [3.05, 3.63) is 136 Å². The van der Waals surface area contributed by atoms with Crippen molar-refractivity contribution >= 4 is 134 Å². The van der Waals surface area contributed by atoms with Crippen molar-refractivity contribution in [1.29, 1.82) is 0 Å². The molecule has 0 radical (unpaired) electrons. The molecule has 0 atom stereocenters. The molecule has 0 spiro atoms. The van der Waals surface area contributed by atoms with Crippen LogP contribution in [0.1, 0.15) is 78.4 Å². The summed E-state index contributed by atoms with van der Waals surface area (Å²) in [5.74, 6) is 2.94. The molecule has 106 heavy (non-hydrogen) atoms. The molecule has 9 heterocycles. The predicted molar refractivity (Wildman–Crippen MR) is 438 cm³/mol. The van der Waals surface area contributed by atoms with Gasteiger partial charge >= 0.3 is 7.12 Å². The van der Waals surface area contributed by atoms with E-state index in [1.54, 1.807) is 90.5 Å². The molecule has 0 saturated carbocycles. The van der Waals surface area contributed by atoms with Crippen LogP contribution in [0.4, 0.5) is 57.7 Å². The number of benzene rings is 4. The average molecular weight is 1590 g/mol. The highest BCUT2D eigenvalue weighted by Gasteiger charge is 2.52. The van der Waals surface area contributed by atoms with Gasteiger partial charge in [-0.1, -0.05) is 49.2 Å². The smallest absolute Gasteiger partial charge is 0.494 e. The number of hydrogen-bond acceptors (Lipinski definition) is 24. The summed E-state index contributed by atoms with van der Waals surface area (Å²) in [5, 5.41) is 15.4. The maximum atomic E-state index is 13.6. The molecule has 24 nitrogen and oxygen atoms in total. The molecule has 4 aromatic heterocycles. The minimum atomic E-state index is -2.76. The third-order valence-electron chi connectivity index (χ3n) is 20.9. The summed E-state index contributed by atoms with van der Waals surface area (Å²) < 4.78 is 52.1. The standard InChI is InChI=1S/C37H54BClN7O4P.C35H45ClN9O2P.C4H3BrN2/c1-10-25-21-30(32(48-7)23-31(25)46-15-13-27(14-16-46)45-19-17-44(6)18-20-45)42-35-40-24-28(39)34(43-35)41-29-12-11-26(22-33(29)51(8,9)47)38-49-36(2,3)37(4,5)50-38;1-6-24-19-29(32(47-3)21-31(24)45-13-9-26(10-14-45)44-17-15-43(2)16-18-44)41-35-39-22-27(36)34(42-35)40-28-8-7-25(20-33(28)48(4,5)46)30-23-37-11-12-38-30;5-4-3-6-1-2-7-4/h11-12,21-24,27H,10,13-20H2,1-9H3,(H2,40,41,42,43);7-8,11-12,19-23,26H,6,9-10,13-18H2,1-5H3,(H2,39,40,41,42);1-3H. The van der Waals surface area contributed by atoms with Gasteiger partial charge in [-0.05, 0) is 176 Å². The normalized spacial score (nSPS) is 17.8. The van der Waals surface area contributed by atoms with Gasteiger partial charge in [-0.2, -0.15) is 9.97 Å². The first-order valence-corrected chi connectivity index (χ1v) is 43.2. The van der Waals surface area contributed by atoms with Crippen LogP contribution >= 0.6 is 53.4 Å². The Morgan fingerprint density at radius 3 is 1.36 bits per heavy atom. The van der Waals surface area contributed by atoms with E-state index in [1.807, 2.05) is 64.1 Å². The Kier molecular flexibility index (Phi) is 26.5. The van der Waals surface area contributed by atoms with Crippen molar-refractivity contribution < 1.29 is 27.9 Å². The quantitative estimate of drug-likeness (QED) is 0.0409. The van der Waals surface area contributed by atoms with Crippen molar-refractivity contribution in [3.63, 3.8) is 0 Å². The molecule has 13 rings (SSSR count). The lowest BCUT2D eigenvalue weighted by molar-refractivity contribution is 0.00578. The summed E-state index contributed by atoms with van der Waals surface area (Å²) >= 11 is 16.4. The Hall–Kier alpha value is -7.06. The van der Waals surface area contributed by atoms with Gasteiger partial charge in [0.1, 0.15) is 40.4 Å². The molecule has 4 aromatic carbocycles. The van der Waals surface area contributed by atoms with E-state index in [0.29, 0.717) is 73.3 Å². The zero-order valence-electron chi connectivity index (χ0n) is 63.6. The lowest BCUT2D eigenvalue weighted by Crippen LogP contribution is -2.52. The van der Waals surface area contributed by atoms with Crippen LogP contribution in [0.25, 0.3) is 11.3 Å². The van der Waals surface area contributed by atoms with Crippen molar-refractivity contribution in [1.82, 2.24) is 59.5 Å². The molecule has 30 heteroatoms. The molecule has 5 fully saturated rings. The van der Waals surface area contributed by atoms with Gasteiger partial charge in [0.2, 0.25) is 11.9 Å². The number of aryl methyl sites for hydroxylation is 2. The van der Waals surface area contributed by atoms with E-state index in [4.69, 9.17) is 52.0 Å². The van der Waals surface area contributed by atoms with Gasteiger partial charge in [0.15, 0.2) is 11.6 Å². The van der Waals surface area contributed by atoms with Crippen molar-refractivity contribution in [2.45, 2.75) is 103 Å². The van der Waals surface area contributed by atoms with Crippen LogP contribution in [0, 0.1) is 0 Å². The number of likely N-dealkylation sites (N-methyl/N-ethyl adjacent to an activating group) is 2. The number of halogens is 3. The average Bonchev–Trinajstić information content (AvgIpc) is 1.61. The van der Waals surface area contributed by atoms with Crippen LogP contribution in [-0.4, -0.2) is 223 Å². The summed E-state index contributed by atoms with van der Waals surface area (Å²) in [6.07, 6.45) is 19.4. The SMILES string of the molecule is Brc1cnccn1.CCc1cc(Nc2ncc(Cl)c(Nc3ccc(-c4cnccn4)cc3P(C)(C)=O)n2)c(OC)cc1N1CCC(N2CCN(C)CC2)CC1.CCc1cc(Nc2ncc(Cl)c(Nc3ccc(B4OC(C)(C)C(C)(C)O4)cc3P(C)(C)=O)n2)c(OC)cc1N1CCC(N2CCN(C)CC2)CC1. The van der Waals surface area contributed by atoms with E-state index >= 15 is 0 Å². The molecule has 566 valence electrons. The second-order valence-corrected chi connectivity index (χ2v) is 37.4. The van der Waals surface area contributed by atoms with Crippen LogP contribution in [0.2, 0.25) is 10.0 Å². The molecule has 0 unspecified atom stereocenters. The molecule has 5 saturated heterocycles. The van der Waals surface area contributed by atoms with E-state index < -0.39 is 32.6 Å². The Bertz CT molecular complexity index is 4390. The van der Waals surface area contributed by atoms with Gasteiger partial charge in [-0.15, -0.1) is 0 Å². The van der Waals surface area contributed by atoms with Crippen molar-refractivity contribution in [2.24, 2.45) is 0 Å². The fourth-order valence-corrected chi connectivity index (χ4v) is 16.8. The third-order valence-corrected chi connectivity index (χ3v) is 24.9. The molecule has 5 aliphatic rings. The first-order chi connectivity index (χ1) is 50.6.